The van der Waals surface area contributed by atoms with Crippen LogP contribution in [0.3, 0.4) is 0 Å². The topological polar surface area (TPSA) is 488 Å². The summed E-state index contributed by atoms with van der Waals surface area (Å²) in [7, 11) is 8.14. The molecule has 0 aliphatic rings. The standard InChI is InChI=1S/3C23H42NO.H3O4P.8O2.4O.4W/c3*1-5-6-7-8-9-10-11-12-13-17-20-24(3,4)21(2)23(25)22-18-15-14-16-19-22;1-5(2,3)4;8*1-2;;;;;;;;/h3*14-16,18-19,21,23,25H,5-13,17,20H2,1-4H3;(H3,1,2,3,4);;;;;;;;;;;;;;;;/q3*+1;;;;;;;;;;;;;;;;;/p-3/t3*21-,23-;;;;;;;;;;;;;;;;;/m000................./s1. The Hall–Kier alpha value is -3.72. The molecule has 0 saturated carbocycles. The zero-order valence-electron chi connectivity index (χ0n) is 63.5. The molecule has 6 atom stereocenters. The summed E-state index contributed by atoms with van der Waals surface area (Å²) < 4.78 is 44.5. The summed E-state index contributed by atoms with van der Waals surface area (Å²) in [6.45, 7) is 16.8. The van der Waals surface area contributed by atoms with Gasteiger partial charge in [0, 0.05) is 79.4 Å². The Balaban J connectivity index is -0.0000000916. The molecule has 3 rings (SSSR count). The van der Waals surface area contributed by atoms with E-state index in [1.165, 1.54) is 193 Å². The first kappa shape index (κ1) is 130. The fourth-order valence-corrected chi connectivity index (χ4v) is 10.6. The van der Waals surface area contributed by atoms with Gasteiger partial charge in [0.25, 0.3) is 0 Å². The predicted octanol–water partition coefficient (Wildman–Crippen LogP) is 15.5. The van der Waals surface area contributed by atoms with Crippen molar-refractivity contribution in [3.05, 3.63) is 187 Å². The number of hydrogen-bond acceptors (Lipinski definition) is 27. The Morgan fingerprint density at radius 3 is 0.519 bits per heavy atom. The summed E-state index contributed by atoms with van der Waals surface area (Å²) in [5, 5.41) is 32.0. The fourth-order valence-electron chi connectivity index (χ4n) is 10.6. The molecule has 3 aromatic carbocycles. The van der Waals surface area contributed by atoms with Crippen molar-refractivity contribution in [1.82, 2.24) is 0 Å². The number of rotatable bonds is 42. The molecule has 0 heterocycles. The van der Waals surface area contributed by atoms with E-state index in [0.717, 1.165) is 49.8 Å². The molecule has 104 heavy (non-hydrogen) atoms. The van der Waals surface area contributed by atoms with E-state index in [9.17, 15) is 15.3 Å². The minimum absolute atomic E-state index is 0.209. The minimum atomic E-state index is -5.39. The van der Waals surface area contributed by atoms with Gasteiger partial charge in [-0.1, -0.05) is 266 Å². The Morgan fingerprint density at radius 2 is 0.394 bits per heavy atom. The zero-order valence-corrected chi connectivity index (χ0v) is 76.1. The van der Waals surface area contributed by atoms with Crippen LogP contribution in [-0.2, 0) is 97.3 Å². The van der Waals surface area contributed by atoms with Gasteiger partial charge < -0.3 is 48.0 Å². The van der Waals surface area contributed by atoms with E-state index in [2.05, 4.69) is 83.8 Å². The van der Waals surface area contributed by atoms with E-state index in [0.29, 0.717) is 79.1 Å². The molecule has 35 heteroatoms. The number of nitrogens with zero attached hydrogens (tertiary/aromatic N) is 3. The van der Waals surface area contributed by atoms with Gasteiger partial charge in [0.15, 0.2) is 0 Å². The summed E-state index contributed by atoms with van der Waals surface area (Å²) in [5.41, 5.74) is 3.10. The van der Waals surface area contributed by atoms with Crippen LogP contribution in [0.5, 0.6) is 0 Å². The third kappa shape index (κ3) is 90.7. The normalized spacial score (nSPS) is 11.4. The maximum atomic E-state index is 10.7. The molecule has 0 unspecified atom stereocenters. The molecular formula is C69H126N3O27PW4. The third-order valence-electron chi connectivity index (χ3n) is 17.4. The maximum absolute atomic E-state index is 10.7. The van der Waals surface area contributed by atoms with E-state index < -0.39 is 7.82 Å². The van der Waals surface area contributed by atoms with Crippen molar-refractivity contribution in [1.29, 1.82) is 0 Å². The van der Waals surface area contributed by atoms with Gasteiger partial charge in [-0.15, -0.1) is 0 Å². The molecule has 0 amide bonds. The second-order valence-corrected chi connectivity index (χ2v) is 26.2. The van der Waals surface area contributed by atoms with Gasteiger partial charge in [-0.3, -0.25) is 0 Å². The number of aliphatic hydroxyl groups excluding tert-OH is 3. The second-order valence-electron chi connectivity index (χ2n) is 25.3. The molecule has 0 aliphatic carbocycles. The zero-order chi connectivity index (χ0) is 84.1. The number of unbranched alkanes of at least 4 members (excludes halogenated alkanes) is 27. The molecule has 0 saturated heterocycles. The van der Waals surface area contributed by atoms with Crippen molar-refractivity contribution in [3.63, 3.8) is 0 Å². The van der Waals surface area contributed by atoms with Crippen LogP contribution >= 0.6 is 7.82 Å². The quantitative estimate of drug-likeness (QED) is 0.0269. The van der Waals surface area contributed by atoms with Crippen LogP contribution in [0, 0.1) is 79.4 Å². The molecule has 0 fully saturated rings. The average molecular weight is 2200 g/mol. The Kier molecular flexibility index (Phi) is 132. The van der Waals surface area contributed by atoms with Gasteiger partial charge in [0.05, 0.1) is 61.9 Å². The average Bonchev–Trinajstić information content (AvgIpc) is 0.876. The van der Waals surface area contributed by atoms with E-state index >= 15 is 0 Å². The van der Waals surface area contributed by atoms with Crippen molar-refractivity contribution < 1.29 is 141 Å². The number of benzene rings is 3. The number of phosphoric acid groups is 1. The Labute approximate surface area is 663 Å². The number of likely N-dealkylation sites (N-methyl/N-ethyl adjacent to an activating group) is 3. The molecule has 3 N–H and O–H groups in total. The van der Waals surface area contributed by atoms with Crippen molar-refractivity contribution in [2.45, 2.75) is 271 Å². The van der Waals surface area contributed by atoms with Crippen LogP contribution in [0.2, 0.25) is 0 Å². The molecular weight excluding hydrogens is 2070 g/mol. The predicted molar refractivity (Wildman–Crippen MR) is 393 cm³/mol. The molecule has 30 nitrogen and oxygen atoms in total. The van der Waals surface area contributed by atoms with Gasteiger partial charge in [0.2, 0.25) is 0 Å². The Morgan fingerprint density at radius 1 is 0.279 bits per heavy atom. The van der Waals surface area contributed by atoms with Crippen LogP contribution in [0.1, 0.15) is 269 Å². The fraction of sp³-hybridized carbons (Fsp3) is 0.739. The molecule has 0 spiro atoms. The summed E-state index contributed by atoms with van der Waals surface area (Å²) in [6, 6.07) is 30.9. The first-order valence-electron chi connectivity index (χ1n) is 34.4. The monoisotopic (exact) mass is 2200 g/mol. The van der Waals surface area contributed by atoms with Crippen molar-refractivity contribution in [3.8, 4) is 0 Å². The number of aliphatic hydroxyl groups is 3. The van der Waals surface area contributed by atoms with Crippen molar-refractivity contribution in [2.24, 2.45) is 0 Å². The van der Waals surface area contributed by atoms with Crippen LogP contribution in [-0.4, -0.2) is 109 Å². The van der Waals surface area contributed by atoms with Crippen LogP contribution in [0.4, 0.5) is 0 Å². The molecule has 0 aliphatic heterocycles. The van der Waals surface area contributed by atoms with Gasteiger partial charge in [-0.2, -0.15) is 7.82 Å². The summed E-state index contributed by atoms with van der Waals surface area (Å²) in [4.78, 5) is 138. The summed E-state index contributed by atoms with van der Waals surface area (Å²) >= 11 is 1.33. The van der Waals surface area contributed by atoms with Gasteiger partial charge in [-0.25, -0.2) is 0 Å². The Bertz CT molecular complexity index is 1900. The van der Waals surface area contributed by atoms with E-state index in [4.69, 9.17) is 112 Å². The number of hydrogen-bond donors (Lipinski definition) is 3. The van der Waals surface area contributed by atoms with Crippen molar-refractivity contribution in [2.75, 3.05) is 61.9 Å². The van der Waals surface area contributed by atoms with Gasteiger partial charge >= 0.3 is 92.7 Å². The van der Waals surface area contributed by atoms with Gasteiger partial charge in [0.1, 0.15) is 36.4 Å². The van der Waals surface area contributed by atoms with E-state index in [-0.39, 0.29) is 36.4 Å². The SMILES string of the molecule is CCCCCCCCCCCC[N+](C)(C)[C@@H](C)[C@H](O)c1ccccc1.CCCCCCCCCCCC[N+](C)(C)[C@@H](C)[C@H](O)c1ccccc1.CCCCCCCCCCCC[N+](C)(C)[C@@H](C)[C@H](O)c1ccccc1.O=O.O=O.O=O.O=O.O=O.O=O.O=O.O=O.O=P([O-])([O-])[O-].[O]=[W].[O]=[W].[O]=[W].[O]=[W]. The first-order chi connectivity index (χ1) is 50.0. The van der Waals surface area contributed by atoms with Crippen LogP contribution < -0.4 is 14.7 Å². The molecule has 608 valence electrons. The molecule has 3 aromatic rings. The van der Waals surface area contributed by atoms with E-state index in [1.54, 1.807) is 0 Å². The first-order valence-corrected chi connectivity index (χ1v) is 40.6. The second kappa shape index (κ2) is 106. The molecule has 0 radical (unpaired) electrons. The summed E-state index contributed by atoms with van der Waals surface area (Å²) in [5.74, 6) is 0. The molecule has 0 aromatic heterocycles. The van der Waals surface area contributed by atoms with E-state index in [1.807, 2.05) is 91.0 Å². The van der Waals surface area contributed by atoms with Crippen LogP contribution in [0.25, 0.3) is 0 Å². The van der Waals surface area contributed by atoms with Crippen LogP contribution in [0.15, 0.2) is 91.0 Å². The third-order valence-corrected chi connectivity index (χ3v) is 17.4. The summed E-state index contributed by atoms with van der Waals surface area (Å²) in [6.07, 6.45) is 40.1. The molecule has 0 bridgehead atoms. The van der Waals surface area contributed by atoms with Gasteiger partial charge in [-0.05, 0) is 76.0 Å². The number of quaternary nitrogens is 3. The van der Waals surface area contributed by atoms with Crippen molar-refractivity contribution >= 4 is 7.82 Å².